The second-order valence-corrected chi connectivity index (χ2v) is 15.7. The van der Waals surface area contributed by atoms with Crippen LogP contribution in [0, 0.1) is 0 Å². The molecule has 10 aromatic rings. The lowest BCUT2D eigenvalue weighted by Gasteiger charge is -2.29. The Labute approximate surface area is 350 Å². The van der Waals surface area contributed by atoms with E-state index in [-0.39, 0.29) is 6.71 Å². The summed E-state index contributed by atoms with van der Waals surface area (Å²) in [6.45, 7) is 4.64. The van der Waals surface area contributed by atoms with Gasteiger partial charge in [-0.15, -0.1) is 0 Å². The maximum atomic E-state index is 6.01. The highest BCUT2D eigenvalue weighted by atomic mass is 16.5. The third kappa shape index (κ3) is 5.98. The van der Waals surface area contributed by atoms with Crippen LogP contribution in [0.2, 0.25) is 0 Å². The lowest BCUT2D eigenvalue weighted by Crippen LogP contribution is -2.56. The summed E-state index contributed by atoms with van der Waals surface area (Å²) in [5, 5.41) is 3.53. The Kier molecular flexibility index (Phi) is 8.85. The molecule has 0 N–H and O–H groups in total. The molecule has 60 heavy (non-hydrogen) atoms. The molecule has 0 bridgehead atoms. The van der Waals surface area contributed by atoms with E-state index >= 15 is 0 Å². The molecule has 0 saturated heterocycles. The molecule has 3 aromatic heterocycles. The molecule has 4 heterocycles. The molecule has 0 amide bonds. The van der Waals surface area contributed by atoms with E-state index in [0.29, 0.717) is 6.61 Å². The fraction of sp³-hybridized carbons (Fsp3) is 0.0926. The Bertz CT molecular complexity index is 3190. The van der Waals surface area contributed by atoms with Crippen molar-refractivity contribution in [2.75, 3.05) is 6.61 Å². The Balaban J connectivity index is 1.18. The molecule has 6 heteroatoms. The normalized spacial score (nSPS) is 12.0. The van der Waals surface area contributed by atoms with Gasteiger partial charge >= 0.3 is 0 Å². The van der Waals surface area contributed by atoms with Gasteiger partial charge in [0, 0.05) is 39.7 Å². The molecule has 7 aromatic carbocycles. The molecular weight excluding hydrogens is 731 g/mol. The van der Waals surface area contributed by atoms with Crippen molar-refractivity contribution < 1.29 is 4.74 Å². The predicted molar refractivity (Wildman–Crippen MR) is 250 cm³/mol. The number of aryl methyl sites for hydroxylation is 1. The molecule has 11 rings (SSSR count). The molecule has 0 saturated carbocycles. The van der Waals surface area contributed by atoms with Gasteiger partial charge in [0.15, 0.2) is 5.82 Å². The van der Waals surface area contributed by atoms with E-state index < -0.39 is 0 Å². The topological polar surface area (TPSA) is 52.8 Å². The number of aromatic nitrogens is 4. The van der Waals surface area contributed by atoms with Crippen LogP contribution < -0.4 is 21.3 Å². The molecule has 0 fully saturated rings. The van der Waals surface area contributed by atoms with Crippen LogP contribution in [0.5, 0.6) is 5.75 Å². The van der Waals surface area contributed by atoms with Crippen molar-refractivity contribution in [2.45, 2.75) is 26.7 Å². The quantitative estimate of drug-likeness (QED) is 0.137. The molecule has 0 radical (unpaired) electrons. The van der Waals surface area contributed by atoms with Crippen LogP contribution >= 0.6 is 0 Å². The summed E-state index contributed by atoms with van der Waals surface area (Å²) in [7, 11) is 0. The predicted octanol–water partition coefficient (Wildman–Crippen LogP) is 11.0. The van der Waals surface area contributed by atoms with Crippen LogP contribution in [0.1, 0.15) is 25.8 Å². The number of rotatable bonds is 9. The fourth-order valence-electron chi connectivity index (χ4n) is 9.46. The standard InChI is InChI=1S/C54H41BN4O/c1-3-14-35-15-12-18-37(27-35)40-30-47-54-48(31-40)56-32-45(39-19-13-20-41(28-39)60-4-2)53(54)44-26-25-38(36-16-6-5-7-17-36)29-46(44)55(47)51-33-58-52(34-57-51)59-49-23-10-8-21-42(49)43-22-9-11-24-50(43)59/h5-13,15-34H,3-4,14H2,1-2H3. The van der Waals surface area contributed by atoms with Gasteiger partial charge in [0.1, 0.15) is 5.75 Å². The zero-order chi connectivity index (χ0) is 40.2. The summed E-state index contributed by atoms with van der Waals surface area (Å²) >= 11 is 0. The monoisotopic (exact) mass is 772 g/mol. The van der Waals surface area contributed by atoms with Crippen LogP contribution in [-0.4, -0.2) is 32.8 Å². The minimum absolute atomic E-state index is 0.219. The summed E-state index contributed by atoms with van der Waals surface area (Å²) in [5.74, 6) is 1.63. The van der Waals surface area contributed by atoms with Gasteiger partial charge in [-0.3, -0.25) is 14.5 Å². The van der Waals surface area contributed by atoms with E-state index in [1.807, 2.05) is 25.4 Å². The second kappa shape index (κ2) is 14.8. The summed E-state index contributed by atoms with van der Waals surface area (Å²) < 4.78 is 8.24. The van der Waals surface area contributed by atoms with Crippen LogP contribution in [-0.2, 0) is 6.42 Å². The third-order valence-corrected chi connectivity index (χ3v) is 12.1. The van der Waals surface area contributed by atoms with Crippen LogP contribution in [0.4, 0.5) is 0 Å². The van der Waals surface area contributed by atoms with Gasteiger partial charge in [-0.25, -0.2) is 4.98 Å². The molecule has 5 nitrogen and oxygen atoms in total. The Morgan fingerprint density at radius 2 is 1.25 bits per heavy atom. The van der Waals surface area contributed by atoms with Gasteiger partial charge in [0.05, 0.1) is 29.4 Å². The number of ether oxygens (including phenoxy) is 1. The zero-order valence-corrected chi connectivity index (χ0v) is 33.6. The Morgan fingerprint density at radius 1 is 0.533 bits per heavy atom. The fourth-order valence-corrected chi connectivity index (χ4v) is 9.46. The van der Waals surface area contributed by atoms with Crippen molar-refractivity contribution >= 4 is 55.9 Å². The van der Waals surface area contributed by atoms with E-state index in [9.17, 15) is 0 Å². The van der Waals surface area contributed by atoms with Crippen molar-refractivity contribution in [3.63, 3.8) is 0 Å². The highest BCUT2D eigenvalue weighted by Gasteiger charge is 2.36. The van der Waals surface area contributed by atoms with Gasteiger partial charge in [0.25, 0.3) is 6.71 Å². The Hall–Kier alpha value is -7.31. The summed E-state index contributed by atoms with van der Waals surface area (Å²) in [6.07, 6.45) is 8.13. The molecule has 286 valence electrons. The van der Waals surface area contributed by atoms with E-state index in [1.165, 1.54) is 49.5 Å². The average molecular weight is 773 g/mol. The molecule has 0 unspecified atom stereocenters. The van der Waals surface area contributed by atoms with E-state index in [1.54, 1.807) is 0 Å². The molecule has 0 atom stereocenters. The smallest absolute Gasteiger partial charge is 0.268 e. The zero-order valence-electron chi connectivity index (χ0n) is 33.6. The number of hydrogen-bond acceptors (Lipinski definition) is 4. The lowest BCUT2D eigenvalue weighted by atomic mass is 9.35. The molecule has 0 aliphatic carbocycles. The van der Waals surface area contributed by atoms with Gasteiger partial charge in [-0.05, 0) is 88.2 Å². The van der Waals surface area contributed by atoms with Crippen molar-refractivity contribution in [2.24, 2.45) is 0 Å². The minimum atomic E-state index is -0.219. The largest absolute Gasteiger partial charge is 0.494 e. The van der Waals surface area contributed by atoms with Crippen molar-refractivity contribution in [3.8, 4) is 56.1 Å². The van der Waals surface area contributed by atoms with Crippen LogP contribution in [0.25, 0.3) is 83.0 Å². The van der Waals surface area contributed by atoms with Crippen LogP contribution in [0.3, 0.4) is 0 Å². The maximum Gasteiger partial charge on any atom is 0.268 e. The third-order valence-electron chi connectivity index (χ3n) is 12.1. The van der Waals surface area contributed by atoms with E-state index in [4.69, 9.17) is 19.7 Å². The first-order valence-corrected chi connectivity index (χ1v) is 21.0. The first-order valence-electron chi connectivity index (χ1n) is 21.0. The number of nitrogens with zero attached hydrogens (tertiary/aromatic N) is 4. The molecule has 1 aliphatic rings. The van der Waals surface area contributed by atoms with E-state index in [2.05, 4.69) is 169 Å². The van der Waals surface area contributed by atoms with Crippen LogP contribution in [0.15, 0.2) is 176 Å². The molecule has 0 spiro atoms. The molecule has 1 aliphatic heterocycles. The van der Waals surface area contributed by atoms with Crippen molar-refractivity contribution in [3.05, 3.63) is 182 Å². The summed E-state index contributed by atoms with van der Waals surface area (Å²) in [5.41, 5.74) is 16.9. The average Bonchev–Trinajstić information content (AvgIpc) is 3.64. The maximum absolute atomic E-state index is 6.01. The summed E-state index contributed by atoms with van der Waals surface area (Å²) in [4.78, 5) is 15.9. The first kappa shape index (κ1) is 35.8. The van der Waals surface area contributed by atoms with Gasteiger partial charge in [-0.2, -0.15) is 0 Å². The number of benzene rings is 7. The van der Waals surface area contributed by atoms with Crippen molar-refractivity contribution in [1.82, 2.24) is 19.5 Å². The van der Waals surface area contributed by atoms with Gasteiger partial charge in [-0.1, -0.05) is 152 Å². The lowest BCUT2D eigenvalue weighted by molar-refractivity contribution is 0.340. The number of fused-ring (bicyclic) bond motifs is 5. The number of hydrogen-bond donors (Lipinski definition) is 0. The Morgan fingerprint density at radius 3 is 2.02 bits per heavy atom. The summed E-state index contributed by atoms with van der Waals surface area (Å²) in [6, 6.07) is 56.7. The second-order valence-electron chi connectivity index (χ2n) is 15.7. The highest BCUT2D eigenvalue weighted by molar-refractivity contribution is 6.98. The highest BCUT2D eigenvalue weighted by Crippen LogP contribution is 2.41. The SMILES string of the molecule is CCCc1cccc(-c2cc3c4c(c(-c5cccc(OCC)c5)cnc4c2)-c2ccc(-c4ccccc4)cc2B3c2cnc(-n3c4ccccc4c4ccccc43)cn2)c1. The number of para-hydroxylation sites is 2. The van der Waals surface area contributed by atoms with Crippen molar-refractivity contribution in [1.29, 1.82) is 0 Å². The number of pyridine rings is 1. The van der Waals surface area contributed by atoms with Gasteiger partial charge < -0.3 is 4.74 Å². The minimum Gasteiger partial charge on any atom is -0.494 e. The first-order chi connectivity index (χ1) is 29.7. The molecular formula is C54H41BN4O. The van der Waals surface area contributed by atoms with E-state index in [0.717, 1.165) is 74.2 Å². The van der Waals surface area contributed by atoms with Gasteiger partial charge in [0.2, 0.25) is 0 Å².